The van der Waals surface area contributed by atoms with Crippen LogP contribution in [0.4, 0.5) is 5.69 Å². The topological polar surface area (TPSA) is 35.6 Å². The van der Waals surface area contributed by atoms with E-state index < -0.39 is 0 Å². The van der Waals surface area contributed by atoms with Gasteiger partial charge in [-0.15, -0.1) is 0 Å². The zero-order valence-electron chi connectivity index (χ0n) is 17.8. The number of amides is 1. The van der Waals surface area contributed by atoms with Gasteiger partial charge in [0.15, 0.2) is 0 Å². The number of rotatable bonds is 6. The minimum Gasteiger partial charge on any atom is -0.371 e. The Bertz CT molecular complexity index is 834. The van der Waals surface area contributed by atoms with Crippen LogP contribution >= 0.6 is 0 Å². The second-order valence-electron chi connectivity index (χ2n) is 8.59. The minimum atomic E-state index is 0.0481. The fraction of sp³-hybridized carbons (Fsp3) is 0.480. The number of likely N-dealkylation sites (tertiary alicyclic amines) is 1. The molecular weight excluding hydrogens is 358 g/mol. The average molecular weight is 392 g/mol. The molecule has 0 radical (unpaired) electrons. The van der Waals surface area contributed by atoms with Gasteiger partial charge in [-0.05, 0) is 70.3 Å². The van der Waals surface area contributed by atoms with E-state index in [9.17, 15) is 4.79 Å². The first-order valence-electron chi connectivity index (χ1n) is 11.1. The second kappa shape index (κ2) is 9.00. The summed E-state index contributed by atoms with van der Waals surface area (Å²) in [5.41, 5.74) is 5.59. The molecule has 2 saturated heterocycles. The minimum absolute atomic E-state index is 0.0481. The van der Waals surface area contributed by atoms with Crippen LogP contribution in [0.2, 0.25) is 0 Å². The Morgan fingerprint density at radius 1 is 0.897 bits per heavy atom. The van der Waals surface area contributed by atoms with E-state index in [2.05, 4.69) is 65.4 Å². The van der Waals surface area contributed by atoms with Gasteiger partial charge in [0, 0.05) is 25.3 Å². The third-order valence-electron chi connectivity index (χ3n) is 6.34. The highest BCUT2D eigenvalue weighted by molar-refractivity contribution is 6.00. The van der Waals surface area contributed by atoms with E-state index >= 15 is 0 Å². The number of benzene rings is 2. The molecule has 2 aliphatic rings. The van der Waals surface area contributed by atoms with E-state index in [4.69, 9.17) is 0 Å². The van der Waals surface area contributed by atoms with Crippen molar-refractivity contribution in [3.63, 3.8) is 0 Å². The molecule has 4 nitrogen and oxygen atoms in total. The standard InChI is InChI=1S/C25H33N3O/c1-19-7-10-21(11-8-19)24(28-15-5-6-16-28)18-26-25(29)22-17-20(2)9-12-23(22)27-13-3-4-14-27/h7-12,17,24H,3-6,13-16,18H2,1-2H3,(H,26,29). The summed E-state index contributed by atoms with van der Waals surface area (Å²) in [5.74, 6) is 0.0481. The summed E-state index contributed by atoms with van der Waals surface area (Å²) in [7, 11) is 0. The maximum atomic E-state index is 13.2. The van der Waals surface area contributed by atoms with Gasteiger partial charge in [-0.2, -0.15) is 0 Å². The summed E-state index contributed by atoms with van der Waals surface area (Å²) >= 11 is 0. The van der Waals surface area contributed by atoms with Crippen LogP contribution in [0.15, 0.2) is 42.5 Å². The monoisotopic (exact) mass is 391 g/mol. The Morgan fingerprint density at radius 2 is 1.52 bits per heavy atom. The molecule has 1 atom stereocenters. The molecule has 2 aliphatic heterocycles. The molecule has 4 heteroatoms. The zero-order valence-corrected chi connectivity index (χ0v) is 17.8. The quantitative estimate of drug-likeness (QED) is 0.789. The van der Waals surface area contributed by atoms with Crippen LogP contribution in [0.5, 0.6) is 0 Å². The highest BCUT2D eigenvalue weighted by Gasteiger charge is 2.25. The summed E-state index contributed by atoms with van der Waals surface area (Å²) in [4.78, 5) is 18.1. The SMILES string of the molecule is Cc1ccc(C(CNC(=O)c2cc(C)ccc2N2CCCC2)N2CCCC2)cc1. The van der Waals surface area contributed by atoms with Crippen molar-refractivity contribution in [1.29, 1.82) is 0 Å². The first kappa shape index (κ1) is 20.0. The van der Waals surface area contributed by atoms with Crippen molar-refractivity contribution in [2.75, 3.05) is 37.6 Å². The van der Waals surface area contributed by atoms with Crippen molar-refractivity contribution >= 4 is 11.6 Å². The van der Waals surface area contributed by atoms with Crippen molar-refractivity contribution in [2.24, 2.45) is 0 Å². The highest BCUT2D eigenvalue weighted by Crippen LogP contribution is 2.27. The number of carbonyl (C=O) groups excluding carboxylic acids is 1. The highest BCUT2D eigenvalue weighted by atomic mass is 16.1. The van der Waals surface area contributed by atoms with E-state index in [0.717, 1.165) is 43.0 Å². The molecule has 1 amide bonds. The van der Waals surface area contributed by atoms with Gasteiger partial charge in [0.05, 0.1) is 11.6 Å². The molecule has 2 fully saturated rings. The Hall–Kier alpha value is -2.33. The lowest BCUT2D eigenvalue weighted by Gasteiger charge is -2.29. The van der Waals surface area contributed by atoms with Crippen molar-refractivity contribution in [2.45, 2.75) is 45.6 Å². The van der Waals surface area contributed by atoms with Crippen LogP contribution in [0.25, 0.3) is 0 Å². The summed E-state index contributed by atoms with van der Waals surface area (Å²) in [5, 5.41) is 3.27. The molecule has 1 N–H and O–H groups in total. The summed E-state index contributed by atoms with van der Waals surface area (Å²) in [6.07, 6.45) is 4.90. The Labute approximate surface area is 174 Å². The number of anilines is 1. The predicted octanol–water partition coefficient (Wildman–Crippen LogP) is 4.47. The number of carbonyl (C=O) groups is 1. The van der Waals surface area contributed by atoms with E-state index in [0.29, 0.717) is 6.54 Å². The lowest BCUT2D eigenvalue weighted by molar-refractivity contribution is 0.0938. The maximum absolute atomic E-state index is 13.2. The zero-order chi connectivity index (χ0) is 20.2. The van der Waals surface area contributed by atoms with Gasteiger partial charge in [-0.25, -0.2) is 0 Å². The van der Waals surface area contributed by atoms with Crippen LogP contribution in [0, 0.1) is 13.8 Å². The van der Waals surface area contributed by atoms with Crippen LogP contribution < -0.4 is 10.2 Å². The Kier molecular flexibility index (Phi) is 6.19. The van der Waals surface area contributed by atoms with Gasteiger partial charge in [-0.3, -0.25) is 9.69 Å². The molecule has 2 aromatic carbocycles. The largest absolute Gasteiger partial charge is 0.371 e. The molecule has 2 aromatic rings. The molecule has 0 spiro atoms. The lowest BCUT2D eigenvalue weighted by atomic mass is 10.0. The summed E-state index contributed by atoms with van der Waals surface area (Å²) in [6, 6.07) is 15.3. The van der Waals surface area contributed by atoms with E-state index in [-0.39, 0.29) is 11.9 Å². The molecule has 0 aromatic heterocycles. The predicted molar refractivity (Wildman–Crippen MR) is 120 cm³/mol. The van der Waals surface area contributed by atoms with E-state index in [1.54, 1.807) is 0 Å². The lowest BCUT2D eigenvalue weighted by Crippen LogP contribution is -2.37. The maximum Gasteiger partial charge on any atom is 0.253 e. The molecule has 4 rings (SSSR count). The number of hydrogen-bond acceptors (Lipinski definition) is 3. The number of hydrogen-bond donors (Lipinski definition) is 1. The van der Waals surface area contributed by atoms with Crippen LogP contribution in [0.1, 0.15) is 58.8 Å². The van der Waals surface area contributed by atoms with Gasteiger partial charge in [0.2, 0.25) is 0 Å². The van der Waals surface area contributed by atoms with Gasteiger partial charge >= 0.3 is 0 Å². The molecule has 154 valence electrons. The van der Waals surface area contributed by atoms with E-state index in [1.807, 2.05) is 6.07 Å². The normalized spacial score (nSPS) is 18.2. The molecule has 0 bridgehead atoms. The van der Waals surface area contributed by atoms with Gasteiger partial charge in [0.25, 0.3) is 5.91 Å². The van der Waals surface area contributed by atoms with Crippen molar-refractivity contribution in [3.05, 3.63) is 64.7 Å². The Morgan fingerprint density at radius 3 is 2.21 bits per heavy atom. The molecule has 29 heavy (non-hydrogen) atoms. The van der Waals surface area contributed by atoms with Crippen LogP contribution in [-0.2, 0) is 0 Å². The second-order valence-corrected chi connectivity index (χ2v) is 8.59. The first-order chi connectivity index (χ1) is 14.1. The van der Waals surface area contributed by atoms with Gasteiger partial charge < -0.3 is 10.2 Å². The van der Waals surface area contributed by atoms with Crippen molar-refractivity contribution < 1.29 is 4.79 Å². The van der Waals surface area contributed by atoms with Gasteiger partial charge in [-0.1, -0.05) is 41.5 Å². The first-order valence-corrected chi connectivity index (χ1v) is 11.1. The third kappa shape index (κ3) is 4.64. The molecular formula is C25H33N3O. The number of nitrogens with one attached hydrogen (secondary N) is 1. The van der Waals surface area contributed by atoms with Crippen molar-refractivity contribution in [1.82, 2.24) is 10.2 Å². The van der Waals surface area contributed by atoms with E-state index in [1.165, 1.54) is 36.8 Å². The average Bonchev–Trinajstić information content (AvgIpc) is 3.43. The fourth-order valence-electron chi connectivity index (χ4n) is 4.65. The van der Waals surface area contributed by atoms with Gasteiger partial charge in [0.1, 0.15) is 0 Å². The van der Waals surface area contributed by atoms with Crippen LogP contribution in [0.3, 0.4) is 0 Å². The number of aryl methyl sites for hydroxylation is 2. The summed E-state index contributed by atoms with van der Waals surface area (Å²) in [6.45, 7) is 9.13. The molecule has 0 saturated carbocycles. The summed E-state index contributed by atoms with van der Waals surface area (Å²) < 4.78 is 0. The third-order valence-corrected chi connectivity index (χ3v) is 6.34. The Balaban J connectivity index is 1.52. The fourth-order valence-corrected chi connectivity index (χ4v) is 4.65. The molecule has 1 unspecified atom stereocenters. The number of nitrogens with zero attached hydrogens (tertiary/aromatic N) is 2. The van der Waals surface area contributed by atoms with Crippen molar-refractivity contribution in [3.8, 4) is 0 Å². The smallest absolute Gasteiger partial charge is 0.253 e. The molecule has 2 heterocycles. The molecule has 0 aliphatic carbocycles. The van der Waals surface area contributed by atoms with Crippen LogP contribution in [-0.4, -0.2) is 43.5 Å².